The molecule has 0 radical (unpaired) electrons. The van der Waals surface area contributed by atoms with Crippen molar-refractivity contribution in [2.45, 2.75) is 31.2 Å². The summed E-state index contributed by atoms with van der Waals surface area (Å²) in [6, 6.07) is 17.8. The molecule has 2 aromatic carbocycles. The summed E-state index contributed by atoms with van der Waals surface area (Å²) in [5.41, 5.74) is 4.02. The molecule has 0 spiro atoms. The van der Waals surface area contributed by atoms with Crippen LogP contribution < -0.4 is 5.32 Å². The fraction of sp³-hybridized carbons (Fsp3) is 0.333. The number of aryl methyl sites for hydroxylation is 1. The topological polar surface area (TPSA) is 12.0 Å². The number of hydrogen-bond acceptors (Lipinski definition) is 2. The van der Waals surface area contributed by atoms with E-state index in [-0.39, 0.29) is 6.04 Å². The molecule has 106 valence electrons. The highest BCUT2D eigenvalue weighted by Gasteiger charge is 2.16. The number of benzene rings is 2. The van der Waals surface area contributed by atoms with Crippen LogP contribution >= 0.6 is 11.8 Å². The predicted molar refractivity (Wildman–Crippen MR) is 89.5 cm³/mol. The van der Waals surface area contributed by atoms with E-state index in [1.807, 2.05) is 11.8 Å². The van der Waals surface area contributed by atoms with Crippen molar-refractivity contribution in [3.8, 4) is 0 Å². The summed E-state index contributed by atoms with van der Waals surface area (Å²) in [4.78, 5) is 1.35. The average molecular weight is 285 g/mol. The number of thioether (sulfide) groups is 1. The van der Waals surface area contributed by atoms with Crippen molar-refractivity contribution in [1.29, 1.82) is 0 Å². The molecule has 1 N–H and O–H groups in total. The van der Waals surface area contributed by atoms with Gasteiger partial charge in [-0.05, 0) is 43.3 Å². The van der Waals surface area contributed by atoms with Crippen LogP contribution in [-0.4, -0.2) is 12.8 Å². The van der Waals surface area contributed by atoms with E-state index in [2.05, 4.69) is 74.0 Å². The Balaban J connectivity index is 2.38. The molecule has 0 bridgehead atoms. The molecular formula is C18H23NS. The van der Waals surface area contributed by atoms with E-state index in [4.69, 9.17) is 0 Å². The summed E-state index contributed by atoms with van der Waals surface area (Å²) in [6.45, 7) is 5.37. The Morgan fingerprint density at radius 1 is 1.05 bits per heavy atom. The van der Waals surface area contributed by atoms with Gasteiger partial charge in [-0.1, -0.05) is 55.0 Å². The SMILES string of the molecule is CCCNC(c1ccc(C)cc1)c1ccccc1SC. The summed E-state index contributed by atoms with van der Waals surface area (Å²) in [6.07, 6.45) is 3.29. The molecule has 1 nitrogen and oxygen atoms in total. The lowest BCUT2D eigenvalue weighted by molar-refractivity contribution is 0.592. The fourth-order valence-electron chi connectivity index (χ4n) is 2.36. The van der Waals surface area contributed by atoms with Crippen LogP contribution in [0.1, 0.15) is 36.1 Å². The van der Waals surface area contributed by atoms with Gasteiger partial charge in [0.25, 0.3) is 0 Å². The first-order chi connectivity index (χ1) is 9.76. The van der Waals surface area contributed by atoms with Gasteiger partial charge >= 0.3 is 0 Å². The van der Waals surface area contributed by atoms with Crippen LogP contribution in [0.4, 0.5) is 0 Å². The summed E-state index contributed by atoms with van der Waals surface area (Å²) < 4.78 is 0. The van der Waals surface area contributed by atoms with Gasteiger partial charge in [0.2, 0.25) is 0 Å². The molecule has 0 saturated carbocycles. The third-order valence-electron chi connectivity index (χ3n) is 3.46. The molecule has 1 unspecified atom stereocenters. The third kappa shape index (κ3) is 3.65. The summed E-state index contributed by atoms with van der Waals surface area (Å²) in [5, 5.41) is 3.68. The van der Waals surface area contributed by atoms with E-state index in [0.29, 0.717) is 0 Å². The fourth-order valence-corrected chi connectivity index (χ4v) is 3.00. The van der Waals surface area contributed by atoms with Gasteiger partial charge in [-0.3, -0.25) is 0 Å². The number of hydrogen-bond donors (Lipinski definition) is 1. The lowest BCUT2D eigenvalue weighted by Gasteiger charge is -2.22. The van der Waals surface area contributed by atoms with Crippen molar-refractivity contribution in [3.63, 3.8) is 0 Å². The van der Waals surface area contributed by atoms with Crippen LogP contribution in [0.3, 0.4) is 0 Å². The Bertz CT molecular complexity index is 533. The third-order valence-corrected chi connectivity index (χ3v) is 4.27. The highest BCUT2D eigenvalue weighted by Crippen LogP contribution is 2.30. The molecule has 0 aliphatic carbocycles. The maximum absolute atomic E-state index is 3.68. The highest BCUT2D eigenvalue weighted by atomic mass is 32.2. The van der Waals surface area contributed by atoms with Crippen molar-refractivity contribution in [1.82, 2.24) is 5.32 Å². The second-order valence-electron chi connectivity index (χ2n) is 5.04. The van der Waals surface area contributed by atoms with Gasteiger partial charge in [-0.15, -0.1) is 11.8 Å². The molecule has 0 saturated heterocycles. The van der Waals surface area contributed by atoms with Crippen molar-refractivity contribution in [2.75, 3.05) is 12.8 Å². The minimum Gasteiger partial charge on any atom is -0.306 e. The zero-order valence-corrected chi connectivity index (χ0v) is 13.3. The van der Waals surface area contributed by atoms with Crippen LogP contribution in [0.25, 0.3) is 0 Å². The molecule has 2 aromatic rings. The Morgan fingerprint density at radius 3 is 2.40 bits per heavy atom. The Labute approximate surface area is 126 Å². The molecule has 0 aliphatic heterocycles. The molecule has 2 heteroatoms. The molecule has 0 fully saturated rings. The summed E-state index contributed by atoms with van der Waals surface area (Å²) in [7, 11) is 0. The maximum atomic E-state index is 3.68. The molecule has 2 rings (SSSR count). The minimum atomic E-state index is 0.277. The highest BCUT2D eigenvalue weighted by molar-refractivity contribution is 7.98. The molecule has 0 amide bonds. The van der Waals surface area contributed by atoms with Gasteiger partial charge in [-0.25, -0.2) is 0 Å². The van der Waals surface area contributed by atoms with Crippen LogP contribution in [-0.2, 0) is 0 Å². The van der Waals surface area contributed by atoms with Crippen LogP contribution in [0.2, 0.25) is 0 Å². The van der Waals surface area contributed by atoms with Gasteiger partial charge in [0.15, 0.2) is 0 Å². The van der Waals surface area contributed by atoms with E-state index < -0.39 is 0 Å². The van der Waals surface area contributed by atoms with Gasteiger partial charge < -0.3 is 5.32 Å². The first-order valence-corrected chi connectivity index (χ1v) is 8.41. The van der Waals surface area contributed by atoms with Crippen LogP contribution in [0, 0.1) is 6.92 Å². The number of rotatable bonds is 6. The van der Waals surface area contributed by atoms with Crippen molar-refractivity contribution in [3.05, 3.63) is 65.2 Å². The number of nitrogens with one attached hydrogen (secondary N) is 1. The molecule has 20 heavy (non-hydrogen) atoms. The lowest BCUT2D eigenvalue weighted by atomic mass is 9.97. The summed E-state index contributed by atoms with van der Waals surface area (Å²) >= 11 is 1.82. The predicted octanol–water partition coefficient (Wildman–Crippen LogP) is 4.81. The van der Waals surface area contributed by atoms with E-state index in [1.54, 1.807) is 0 Å². The van der Waals surface area contributed by atoms with Gasteiger partial charge in [0, 0.05) is 4.90 Å². The Kier molecular flexibility index (Phi) is 5.69. The lowest BCUT2D eigenvalue weighted by Crippen LogP contribution is -2.23. The zero-order chi connectivity index (χ0) is 14.4. The summed E-state index contributed by atoms with van der Waals surface area (Å²) in [5.74, 6) is 0. The molecular weight excluding hydrogens is 262 g/mol. The van der Waals surface area contributed by atoms with E-state index >= 15 is 0 Å². The zero-order valence-electron chi connectivity index (χ0n) is 12.5. The van der Waals surface area contributed by atoms with Crippen LogP contribution in [0.15, 0.2) is 53.4 Å². The minimum absolute atomic E-state index is 0.277. The standard InChI is InChI=1S/C18H23NS/c1-4-13-19-18(15-11-9-14(2)10-12-15)16-7-5-6-8-17(16)20-3/h5-12,18-19H,4,13H2,1-3H3. The first kappa shape index (κ1) is 15.1. The van der Waals surface area contributed by atoms with Crippen molar-refractivity contribution >= 4 is 11.8 Å². The molecule has 0 heterocycles. The largest absolute Gasteiger partial charge is 0.306 e. The second kappa shape index (κ2) is 7.51. The smallest absolute Gasteiger partial charge is 0.0587 e. The van der Waals surface area contributed by atoms with E-state index in [1.165, 1.54) is 21.6 Å². The van der Waals surface area contributed by atoms with Gasteiger partial charge in [0.1, 0.15) is 0 Å². The molecule has 1 atom stereocenters. The van der Waals surface area contributed by atoms with Crippen LogP contribution in [0.5, 0.6) is 0 Å². The maximum Gasteiger partial charge on any atom is 0.0587 e. The van der Waals surface area contributed by atoms with Gasteiger partial charge in [-0.2, -0.15) is 0 Å². The Hall–Kier alpha value is -1.25. The quantitative estimate of drug-likeness (QED) is 0.765. The normalized spacial score (nSPS) is 12.3. The average Bonchev–Trinajstić information content (AvgIpc) is 2.50. The molecule has 0 aliphatic rings. The van der Waals surface area contributed by atoms with Crippen molar-refractivity contribution < 1.29 is 0 Å². The first-order valence-electron chi connectivity index (χ1n) is 7.19. The van der Waals surface area contributed by atoms with E-state index in [9.17, 15) is 0 Å². The Morgan fingerprint density at radius 2 is 1.75 bits per heavy atom. The molecule has 0 aromatic heterocycles. The van der Waals surface area contributed by atoms with Gasteiger partial charge in [0.05, 0.1) is 6.04 Å². The second-order valence-corrected chi connectivity index (χ2v) is 5.89. The van der Waals surface area contributed by atoms with Crippen molar-refractivity contribution in [2.24, 2.45) is 0 Å². The van der Waals surface area contributed by atoms with E-state index in [0.717, 1.165) is 13.0 Å². The monoisotopic (exact) mass is 285 g/mol.